The maximum absolute atomic E-state index is 13.5. The molecule has 0 heterocycles. The first-order valence-electron chi connectivity index (χ1n) is 14.1. The van der Waals surface area contributed by atoms with Gasteiger partial charge in [-0.3, -0.25) is 0 Å². The minimum absolute atomic E-state index is 0.429. The third-order valence-electron chi connectivity index (χ3n) is 7.58. The first-order valence-corrected chi connectivity index (χ1v) is 14.5. The summed E-state index contributed by atoms with van der Waals surface area (Å²) in [4.78, 5) is 0. The van der Waals surface area contributed by atoms with Gasteiger partial charge in [0.2, 0.25) is 0 Å². The Morgan fingerprint density at radius 3 is 1.82 bits per heavy atom. The van der Waals surface area contributed by atoms with Crippen LogP contribution in [-0.2, 0) is 0 Å². The van der Waals surface area contributed by atoms with E-state index < -0.39 is 6.17 Å². The lowest BCUT2D eigenvalue weighted by Crippen LogP contribution is -2.22. The smallest absolute Gasteiger partial charge is 0.136 e. The Bertz CT molecular complexity index is 487. The average Bonchev–Trinajstić information content (AvgIpc) is 2.76. The van der Waals surface area contributed by atoms with Crippen LogP contribution in [0.3, 0.4) is 0 Å². The summed E-state index contributed by atoms with van der Waals surface area (Å²) in [6.07, 6.45) is 13.0. The van der Waals surface area contributed by atoms with Gasteiger partial charge >= 0.3 is 0 Å². The largest absolute Gasteiger partial charge is 0.241 e. The lowest BCUT2D eigenvalue weighted by atomic mass is 9.78. The number of rotatable bonds is 12. The molecular formula is C31H60ClF. The van der Waals surface area contributed by atoms with Crippen LogP contribution >= 0.6 is 11.6 Å². The van der Waals surface area contributed by atoms with Crippen LogP contribution in [0.15, 0.2) is 23.3 Å². The first-order chi connectivity index (χ1) is 15.5. The van der Waals surface area contributed by atoms with E-state index in [1.165, 1.54) is 56.9 Å². The van der Waals surface area contributed by atoms with Gasteiger partial charge in [-0.1, -0.05) is 144 Å². The fourth-order valence-electron chi connectivity index (χ4n) is 4.65. The van der Waals surface area contributed by atoms with Crippen molar-refractivity contribution in [1.82, 2.24) is 0 Å². The second-order valence-electron chi connectivity index (χ2n) is 11.1. The summed E-state index contributed by atoms with van der Waals surface area (Å²) in [7, 11) is 0. The minimum atomic E-state index is -0.901. The van der Waals surface area contributed by atoms with Crippen molar-refractivity contribution in [2.24, 2.45) is 35.5 Å². The molecule has 0 spiro atoms. The molecule has 0 nitrogen and oxygen atoms in total. The maximum Gasteiger partial charge on any atom is 0.136 e. The molecule has 1 aliphatic carbocycles. The van der Waals surface area contributed by atoms with Gasteiger partial charge < -0.3 is 0 Å². The topological polar surface area (TPSA) is 0 Å². The second kappa shape index (κ2) is 21.0. The molecule has 1 rings (SSSR count). The van der Waals surface area contributed by atoms with E-state index in [-0.39, 0.29) is 0 Å². The molecule has 198 valence electrons. The van der Waals surface area contributed by atoms with Gasteiger partial charge in [-0.2, -0.15) is 0 Å². The van der Waals surface area contributed by atoms with Crippen molar-refractivity contribution < 1.29 is 4.39 Å². The molecule has 0 aromatic carbocycles. The van der Waals surface area contributed by atoms with Crippen LogP contribution in [-0.4, -0.2) is 6.17 Å². The standard InChI is InChI=1S/C13H22ClF.C10H22.C8H16/c1-3-5-10(6-4-2)11-7-8-12(14)13(15)9-11;1-5-7-8-10(6-2)9(3)4;1-6(2)8(5)7(3)4/h8,10-11,13H,3-7,9H2,1-2H3;9-10H,5-8H2,1-4H3;7-8H,1H2,2-5H3. The minimum Gasteiger partial charge on any atom is -0.241 e. The number of alkyl halides is 1. The van der Waals surface area contributed by atoms with E-state index in [1.54, 1.807) is 0 Å². The van der Waals surface area contributed by atoms with Gasteiger partial charge in [0.05, 0.1) is 0 Å². The molecule has 0 radical (unpaired) electrons. The number of unbranched alkanes of at least 4 members (excludes halogenated alkanes) is 1. The molecule has 2 heteroatoms. The fourth-order valence-corrected chi connectivity index (χ4v) is 4.83. The van der Waals surface area contributed by atoms with Gasteiger partial charge in [0.15, 0.2) is 0 Å². The van der Waals surface area contributed by atoms with Crippen LogP contribution in [0.4, 0.5) is 4.39 Å². The van der Waals surface area contributed by atoms with E-state index in [4.69, 9.17) is 11.6 Å². The number of hydrogen-bond acceptors (Lipinski definition) is 0. The van der Waals surface area contributed by atoms with Gasteiger partial charge in [0, 0.05) is 5.03 Å². The van der Waals surface area contributed by atoms with E-state index >= 15 is 0 Å². The molecule has 0 fully saturated rings. The number of halogens is 2. The lowest BCUT2D eigenvalue weighted by molar-refractivity contribution is 0.212. The predicted molar refractivity (Wildman–Crippen MR) is 152 cm³/mol. The molecular weight excluding hydrogens is 427 g/mol. The van der Waals surface area contributed by atoms with Crippen molar-refractivity contribution >= 4 is 11.6 Å². The fraction of sp³-hybridized carbons (Fsp3) is 0.871. The Morgan fingerprint density at radius 1 is 0.970 bits per heavy atom. The van der Waals surface area contributed by atoms with Crippen LogP contribution in [0.25, 0.3) is 0 Å². The molecule has 0 aromatic heterocycles. The molecule has 0 N–H and O–H groups in total. The predicted octanol–water partition coefficient (Wildman–Crippen LogP) is 11.8. The van der Waals surface area contributed by atoms with Crippen molar-refractivity contribution in [1.29, 1.82) is 0 Å². The zero-order valence-corrected chi connectivity index (χ0v) is 24.9. The Labute approximate surface area is 214 Å². The highest BCUT2D eigenvalue weighted by Gasteiger charge is 2.28. The first kappa shape index (κ1) is 34.9. The molecule has 0 saturated heterocycles. The van der Waals surface area contributed by atoms with Gasteiger partial charge in [-0.25, -0.2) is 4.39 Å². The van der Waals surface area contributed by atoms with Gasteiger partial charge in [-0.05, 0) is 55.3 Å². The zero-order valence-electron chi connectivity index (χ0n) is 24.2. The summed E-state index contributed by atoms with van der Waals surface area (Å²) in [5.74, 6) is 4.49. The second-order valence-corrected chi connectivity index (χ2v) is 11.5. The van der Waals surface area contributed by atoms with E-state index in [1.807, 2.05) is 6.08 Å². The molecule has 0 amide bonds. The SMILES string of the molecule is C=C(C)C(C)C(C)C.CCCC(CCC)C1CC=C(Cl)C(F)C1.CCCCC(CC)C(C)C. The molecule has 0 saturated carbocycles. The van der Waals surface area contributed by atoms with Gasteiger partial charge in [-0.15, -0.1) is 0 Å². The molecule has 0 aromatic rings. The maximum atomic E-state index is 13.5. The van der Waals surface area contributed by atoms with Crippen molar-refractivity contribution in [2.75, 3.05) is 0 Å². The summed E-state index contributed by atoms with van der Waals surface area (Å²) in [5, 5.41) is 0.429. The quantitative estimate of drug-likeness (QED) is 0.240. The Balaban J connectivity index is 0. The highest BCUT2D eigenvalue weighted by molar-refractivity contribution is 6.30. The Hall–Kier alpha value is -0.300. The van der Waals surface area contributed by atoms with Crippen molar-refractivity contribution in [2.45, 2.75) is 140 Å². The van der Waals surface area contributed by atoms with Crippen LogP contribution in [0, 0.1) is 35.5 Å². The van der Waals surface area contributed by atoms with Crippen LogP contribution in [0.1, 0.15) is 133 Å². The van der Waals surface area contributed by atoms with Crippen molar-refractivity contribution in [3.8, 4) is 0 Å². The molecule has 1 aliphatic rings. The summed E-state index contributed by atoms with van der Waals surface area (Å²) in [5.41, 5.74) is 1.29. The van der Waals surface area contributed by atoms with E-state index in [9.17, 15) is 4.39 Å². The molecule has 0 bridgehead atoms. The van der Waals surface area contributed by atoms with Crippen LogP contribution < -0.4 is 0 Å². The van der Waals surface area contributed by atoms with Crippen molar-refractivity contribution in [3.05, 3.63) is 23.3 Å². The van der Waals surface area contributed by atoms with Crippen LogP contribution in [0.2, 0.25) is 0 Å². The van der Waals surface area contributed by atoms with E-state index in [2.05, 4.69) is 75.8 Å². The van der Waals surface area contributed by atoms with Crippen molar-refractivity contribution in [3.63, 3.8) is 0 Å². The monoisotopic (exact) mass is 486 g/mol. The Kier molecular flexibility index (Phi) is 22.2. The molecule has 4 unspecified atom stereocenters. The molecule has 4 atom stereocenters. The van der Waals surface area contributed by atoms with Gasteiger partial charge in [0.1, 0.15) is 6.17 Å². The lowest BCUT2D eigenvalue weighted by Gasteiger charge is -2.30. The summed E-state index contributed by atoms with van der Waals surface area (Å²) in [6, 6.07) is 0. The van der Waals surface area contributed by atoms with Gasteiger partial charge in [0.25, 0.3) is 0 Å². The molecule has 33 heavy (non-hydrogen) atoms. The third-order valence-corrected chi connectivity index (χ3v) is 7.97. The highest BCUT2D eigenvalue weighted by Crippen LogP contribution is 2.36. The van der Waals surface area contributed by atoms with E-state index in [0.29, 0.717) is 29.2 Å². The Morgan fingerprint density at radius 2 is 1.52 bits per heavy atom. The van der Waals surface area contributed by atoms with Crippen LogP contribution in [0.5, 0.6) is 0 Å². The molecule has 0 aliphatic heterocycles. The number of allylic oxidation sites excluding steroid dienone is 3. The zero-order chi connectivity index (χ0) is 26.0. The summed E-state index contributed by atoms with van der Waals surface area (Å²) < 4.78 is 13.5. The number of hydrogen-bond donors (Lipinski definition) is 0. The normalized spacial score (nSPS) is 19.9. The summed E-state index contributed by atoms with van der Waals surface area (Å²) in [6.45, 7) is 26.3. The third kappa shape index (κ3) is 16.9. The van der Waals surface area contributed by atoms with E-state index in [0.717, 1.165) is 24.2 Å². The summed E-state index contributed by atoms with van der Waals surface area (Å²) >= 11 is 5.78. The highest BCUT2D eigenvalue weighted by atomic mass is 35.5. The average molecular weight is 487 g/mol.